The van der Waals surface area contributed by atoms with E-state index in [1.807, 2.05) is 56.3 Å². The van der Waals surface area contributed by atoms with Crippen LogP contribution in [-0.4, -0.2) is 28.3 Å². The largest absolute Gasteiger partial charge is 0.495 e. The molecule has 8 heteroatoms. The van der Waals surface area contributed by atoms with E-state index < -0.39 is 0 Å². The Bertz CT molecular complexity index is 1420. The maximum Gasteiger partial charge on any atom is 0.266 e. The summed E-state index contributed by atoms with van der Waals surface area (Å²) in [6.07, 6.45) is 0. The van der Waals surface area contributed by atoms with Crippen molar-refractivity contribution in [2.75, 3.05) is 18.2 Å². The van der Waals surface area contributed by atoms with Gasteiger partial charge in [-0.1, -0.05) is 47.6 Å². The second-order valence-electron chi connectivity index (χ2n) is 7.52. The Kier molecular flexibility index (Phi) is 6.72. The van der Waals surface area contributed by atoms with Gasteiger partial charge in [-0.25, -0.2) is 4.98 Å². The highest BCUT2D eigenvalue weighted by atomic mass is 35.5. The van der Waals surface area contributed by atoms with Crippen molar-refractivity contribution < 1.29 is 9.53 Å². The Morgan fingerprint density at radius 2 is 1.91 bits per heavy atom. The van der Waals surface area contributed by atoms with Crippen molar-refractivity contribution in [3.63, 3.8) is 0 Å². The molecular formula is C25H22ClN3O3S. The molecule has 0 fully saturated rings. The summed E-state index contributed by atoms with van der Waals surface area (Å²) in [5, 5.41) is 4.24. The van der Waals surface area contributed by atoms with Crippen molar-refractivity contribution in [1.29, 1.82) is 0 Å². The molecule has 4 rings (SSSR count). The van der Waals surface area contributed by atoms with Crippen LogP contribution in [0.25, 0.3) is 16.6 Å². The number of ether oxygens (including phenoxy) is 1. The molecule has 0 radical (unpaired) electrons. The van der Waals surface area contributed by atoms with Gasteiger partial charge in [0.2, 0.25) is 5.91 Å². The first-order valence-electron chi connectivity index (χ1n) is 10.2. The molecule has 0 aliphatic rings. The van der Waals surface area contributed by atoms with E-state index in [4.69, 9.17) is 16.3 Å². The van der Waals surface area contributed by atoms with E-state index in [1.54, 1.807) is 29.9 Å². The molecule has 0 aliphatic carbocycles. The maximum atomic E-state index is 13.4. The van der Waals surface area contributed by atoms with E-state index >= 15 is 0 Å². The van der Waals surface area contributed by atoms with E-state index in [9.17, 15) is 9.59 Å². The van der Waals surface area contributed by atoms with Crippen molar-refractivity contribution in [3.05, 3.63) is 87.2 Å². The lowest BCUT2D eigenvalue weighted by molar-refractivity contribution is -0.113. The lowest BCUT2D eigenvalue weighted by Gasteiger charge is -2.15. The Morgan fingerprint density at radius 3 is 2.67 bits per heavy atom. The van der Waals surface area contributed by atoms with Gasteiger partial charge in [-0.15, -0.1) is 0 Å². The average Bonchev–Trinajstić information content (AvgIpc) is 2.78. The van der Waals surface area contributed by atoms with Gasteiger partial charge in [-0.3, -0.25) is 14.2 Å². The van der Waals surface area contributed by atoms with Crippen LogP contribution in [0.5, 0.6) is 5.75 Å². The second kappa shape index (κ2) is 9.68. The predicted octanol–water partition coefficient (Wildman–Crippen LogP) is 5.40. The number of hydrogen-bond donors (Lipinski definition) is 1. The number of nitrogens with one attached hydrogen (secondary N) is 1. The van der Waals surface area contributed by atoms with Crippen molar-refractivity contribution in [2.24, 2.45) is 0 Å². The molecule has 1 N–H and O–H groups in total. The summed E-state index contributed by atoms with van der Waals surface area (Å²) in [5.74, 6) is 0.400. The molecule has 0 aliphatic heterocycles. The van der Waals surface area contributed by atoms with Crippen LogP contribution in [0.1, 0.15) is 11.1 Å². The zero-order valence-corrected chi connectivity index (χ0v) is 20.0. The molecule has 1 amide bonds. The number of thioether (sulfide) groups is 1. The highest BCUT2D eigenvalue weighted by Crippen LogP contribution is 2.27. The van der Waals surface area contributed by atoms with E-state index in [-0.39, 0.29) is 17.2 Å². The first-order valence-corrected chi connectivity index (χ1v) is 11.6. The maximum absolute atomic E-state index is 13.4. The van der Waals surface area contributed by atoms with Gasteiger partial charge in [0.05, 0.1) is 35.1 Å². The molecule has 6 nitrogen and oxygen atoms in total. The van der Waals surface area contributed by atoms with Crippen LogP contribution in [0.15, 0.2) is 70.6 Å². The summed E-state index contributed by atoms with van der Waals surface area (Å²) in [5.41, 5.74) is 3.51. The van der Waals surface area contributed by atoms with Gasteiger partial charge in [-0.2, -0.15) is 0 Å². The summed E-state index contributed by atoms with van der Waals surface area (Å²) in [4.78, 5) is 30.9. The molecule has 168 valence electrons. The number of nitrogens with zero attached hydrogens (tertiary/aromatic N) is 2. The minimum Gasteiger partial charge on any atom is -0.495 e. The van der Waals surface area contributed by atoms with Gasteiger partial charge in [0, 0.05) is 5.02 Å². The van der Waals surface area contributed by atoms with Crippen LogP contribution in [0, 0.1) is 13.8 Å². The SMILES string of the molecule is COc1ccc(C)cc1NC(=O)CSc1nc2cc(Cl)ccc2c(=O)n1-c1ccccc1C. The zero-order valence-electron chi connectivity index (χ0n) is 18.4. The van der Waals surface area contributed by atoms with E-state index in [2.05, 4.69) is 10.3 Å². The molecule has 1 aromatic heterocycles. The number of aromatic nitrogens is 2. The van der Waals surface area contributed by atoms with Gasteiger partial charge in [0.25, 0.3) is 5.56 Å². The highest BCUT2D eigenvalue weighted by molar-refractivity contribution is 7.99. The fourth-order valence-corrected chi connectivity index (χ4v) is 4.47. The van der Waals surface area contributed by atoms with Gasteiger partial charge in [-0.05, 0) is 61.4 Å². The van der Waals surface area contributed by atoms with Crippen molar-refractivity contribution in [1.82, 2.24) is 9.55 Å². The number of para-hydroxylation sites is 1. The summed E-state index contributed by atoms with van der Waals surface area (Å²) < 4.78 is 6.89. The normalized spacial score (nSPS) is 10.9. The third-order valence-corrected chi connectivity index (χ3v) is 6.29. The first-order chi connectivity index (χ1) is 15.9. The Hall–Kier alpha value is -3.29. The summed E-state index contributed by atoms with van der Waals surface area (Å²) in [6, 6.07) is 18.1. The third-order valence-electron chi connectivity index (χ3n) is 5.12. The van der Waals surface area contributed by atoms with Crippen molar-refractivity contribution in [2.45, 2.75) is 19.0 Å². The predicted molar refractivity (Wildman–Crippen MR) is 134 cm³/mol. The number of hydrogen-bond acceptors (Lipinski definition) is 5. The number of aryl methyl sites for hydroxylation is 2. The fourth-order valence-electron chi connectivity index (χ4n) is 3.50. The molecule has 33 heavy (non-hydrogen) atoms. The van der Waals surface area contributed by atoms with E-state index in [1.165, 1.54) is 11.8 Å². The standard InChI is InChI=1S/C25H22ClN3O3S/c1-15-8-11-22(32-3)20(12-15)27-23(30)14-33-25-28-19-13-17(26)9-10-18(19)24(31)29(25)21-7-5-4-6-16(21)2/h4-13H,14H2,1-3H3,(H,27,30). The third kappa shape index (κ3) is 4.89. The topological polar surface area (TPSA) is 73.2 Å². The second-order valence-corrected chi connectivity index (χ2v) is 8.90. The summed E-state index contributed by atoms with van der Waals surface area (Å²) in [6.45, 7) is 3.87. The van der Waals surface area contributed by atoms with Gasteiger partial charge in [0.15, 0.2) is 5.16 Å². The van der Waals surface area contributed by atoms with Crippen LogP contribution in [0.3, 0.4) is 0 Å². The van der Waals surface area contributed by atoms with Crippen LogP contribution >= 0.6 is 23.4 Å². The van der Waals surface area contributed by atoms with Crippen molar-refractivity contribution in [3.8, 4) is 11.4 Å². The highest BCUT2D eigenvalue weighted by Gasteiger charge is 2.17. The zero-order chi connectivity index (χ0) is 23.5. The lowest BCUT2D eigenvalue weighted by Crippen LogP contribution is -2.23. The summed E-state index contributed by atoms with van der Waals surface area (Å²) in [7, 11) is 1.56. The van der Waals surface area contributed by atoms with Crippen LogP contribution in [0.2, 0.25) is 5.02 Å². The monoisotopic (exact) mass is 479 g/mol. The number of carbonyl (C=O) groups is 1. The molecule has 0 unspecified atom stereocenters. The summed E-state index contributed by atoms with van der Waals surface area (Å²) >= 11 is 7.32. The number of benzene rings is 3. The van der Waals surface area contributed by atoms with E-state index in [0.717, 1.165) is 16.8 Å². The van der Waals surface area contributed by atoms with Crippen LogP contribution in [0.4, 0.5) is 5.69 Å². The molecule has 0 atom stereocenters. The lowest BCUT2D eigenvalue weighted by atomic mass is 10.2. The molecule has 1 heterocycles. The smallest absolute Gasteiger partial charge is 0.266 e. The quantitative estimate of drug-likeness (QED) is 0.296. The molecule has 3 aromatic carbocycles. The first kappa shape index (κ1) is 22.9. The Labute approximate surface area is 200 Å². The van der Waals surface area contributed by atoms with Crippen molar-refractivity contribution >= 4 is 45.9 Å². The fraction of sp³-hybridized carbons (Fsp3) is 0.160. The molecule has 0 bridgehead atoms. The minimum absolute atomic E-state index is 0.0570. The van der Waals surface area contributed by atoms with Crippen LogP contribution in [-0.2, 0) is 4.79 Å². The number of carbonyl (C=O) groups excluding carboxylic acids is 1. The average molecular weight is 480 g/mol. The molecule has 4 aromatic rings. The van der Waals surface area contributed by atoms with E-state index in [0.29, 0.717) is 32.5 Å². The number of amides is 1. The molecule has 0 saturated carbocycles. The Balaban J connectivity index is 1.70. The number of anilines is 1. The number of rotatable bonds is 6. The molecular weight excluding hydrogens is 458 g/mol. The minimum atomic E-state index is -0.235. The van der Waals surface area contributed by atoms with Gasteiger partial charge in [0.1, 0.15) is 5.75 Å². The number of fused-ring (bicyclic) bond motifs is 1. The molecule has 0 saturated heterocycles. The van der Waals surface area contributed by atoms with Gasteiger partial charge < -0.3 is 10.1 Å². The number of methoxy groups -OCH3 is 1. The Morgan fingerprint density at radius 1 is 1.12 bits per heavy atom. The van der Waals surface area contributed by atoms with Crippen LogP contribution < -0.4 is 15.6 Å². The molecule has 0 spiro atoms. The van der Waals surface area contributed by atoms with Gasteiger partial charge >= 0.3 is 0 Å². The number of halogens is 1.